The van der Waals surface area contributed by atoms with Crippen LogP contribution in [0.25, 0.3) is 22.2 Å². The molecule has 0 bridgehead atoms. The van der Waals surface area contributed by atoms with E-state index >= 15 is 0 Å². The first-order valence-corrected chi connectivity index (χ1v) is 12.9. The van der Waals surface area contributed by atoms with Crippen molar-refractivity contribution in [2.24, 2.45) is 17.8 Å². The number of benzene rings is 2. The summed E-state index contributed by atoms with van der Waals surface area (Å²) >= 11 is 0. The maximum Gasteiger partial charge on any atom is 0.251 e. The summed E-state index contributed by atoms with van der Waals surface area (Å²) in [5.74, 6) is 1.88. The summed E-state index contributed by atoms with van der Waals surface area (Å²) in [6, 6.07) is 20.2. The minimum atomic E-state index is -0.0776. The van der Waals surface area contributed by atoms with Crippen LogP contribution in [0.2, 0.25) is 0 Å². The molecule has 1 amide bonds. The number of rotatable bonds is 7. The summed E-state index contributed by atoms with van der Waals surface area (Å²) in [7, 11) is 0. The summed E-state index contributed by atoms with van der Waals surface area (Å²) in [5.41, 5.74) is 5.63. The molecule has 2 N–H and O–H groups in total. The lowest BCUT2D eigenvalue weighted by Gasteiger charge is -2.47. The molecule has 4 heterocycles. The highest BCUT2D eigenvalue weighted by molar-refractivity contribution is 6.01. The quantitative estimate of drug-likeness (QED) is 0.405. The van der Waals surface area contributed by atoms with Crippen LogP contribution in [0.3, 0.4) is 0 Å². The number of hydrogen-bond donors (Lipinski definition) is 2. The fourth-order valence-electron chi connectivity index (χ4n) is 5.40. The summed E-state index contributed by atoms with van der Waals surface area (Å²) in [6.07, 6.45) is 4.03. The van der Waals surface area contributed by atoms with Gasteiger partial charge in [0.05, 0.1) is 36.2 Å². The minimum Gasteiger partial charge on any atom is -0.381 e. The molecule has 7 rings (SSSR count). The van der Waals surface area contributed by atoms with Gasteiger partial charge >= 0.3 is 0 Å². The number of ether oxygens (including phenoxy) is 1. The molecule has 4 aromatic rings. The van der Waals surface area contributed by atoms with Gasteiger partial charge in [0.25, 0.3) is 5.91 Å². The number of anilines is 1. The Kier molecular flexibility index (Phi) is 5.24. The van der Waals surface area contributed by atoms with Gasteiger partial charge < -0.3 is 15.0 Å². The largest absolute Gasteiger partial charge is 0.381 e. The first kappa shape index (κ1) is 21.6. The first-order chi connectivity index (χ1) is 17.7. The van der Waals surface area contributed by atoms with Crippen molar-refractivity contribution in [1.29, 1.82) is 0 Å². The van der Waals surface area contributed by atoms with Crippen LogP contribution in [0.5, 0.6) is 0 Å². The van der Waals surface area contributed by atoms with Crippen molar-refractivity contribution in [3.63, 3.8) is 0 Å². The summed E-state index contributed by atoms with van der Waals surface area (Å²) in [4.78, 5) is 20.2. The molecule has 2 aliphatic heterocycles. The van der Waals surface area contributed by atoms with E-state index in [-0.39, 0.29) is 11.9 Å². The third-order valence-corrected chi connectivity index (χ3v) is 7.96. The molecule has 3 fully saturated rings. The minimum absolute atomic E-state index is 0.0521. The zero-order chi connectivity index (χ0) is 24.1. The van der Waals surface area contributed by atoms with Crippen LogP contribution in [0.15, 0.2) is 66.9 Å². The second kappa shape index (κ2) is 8.75. The van der Waals surface area contributed by atoms with Crippen LogP contribution in [0, 0.1) is 17.8 Å². The molecular formula is C29H29N5O2. The zero-order valence-electron chi connectivity index (χ0n) is 20.1. The highest BCUT2D eigenvalue weighted by Gasteiger charge is 2.37. The standard InChI is InChI=1S/C29H29N5O2/c35-29(31-28(19-4-5-19)26-3-1-2-12-30-26)20-8-11-25-24(13-20)27(33-32-25)18-6-9-23(10-7-18)34-14-21(15-34)22-16-36-17-22/h1-3,6-13,19,21-22,28H,4-5,14-17H2,(H,31,35)(H,32,33)/t28-/m0/s1. The fourth-order valence-corrected chi connectivity index (χ4v) is 5.40. The van der Waals surface area contributed by atoms with Crippen LogP contribution in [0.4, 0.5) is 5.69 Å². The molecule has 3 aliphatic rings. The predicted molar refractivity (Wildman–Crippen MR) is 139 cm³/mol. The second-order valence-corrected chi connectivity index (χ2v) is 10.4. The Hall–Kier alpha value is -3.71. The number of hydrogen-bond acceptors (Lipinski definition) is 5. The van der Waals surface area contributed by atoms with Gasteiger partial charge in [-0.2, -0.15) is 5.10 Å². The van der Waals surface area contributed by atoms with Crippen LogP contribution < -0.4 is 10.2 Å². The number of nitrogens with one attached hydrogen (secondary N) is 2. The van der Waals surface area contributed by atoms with E-state index in [1.54, 1.807) is 6.20 Å². The van der Waals surface area contributed by atoms with E-state index in [9.17, 15) is 4.79 Å². The predicted octanol–water partition coefficient (Wildman–Crippen LogP) is 4.59. The van der Waals surface area contributed by atoms with Crippen LogP contribution in [-0.2, 0) is 4.74 Å². The van der Waals surface area contributed by atoms with Crippen LogP contribution in [-0.4, -0.2) is 47.4 Å². The molecule has 7 heteroatoms. The number of nitrogens with zero attached hydrogens (tertiary/aromatic N) is 3. The zero-order valence-corrected chi connectivity index (χ0v) is 20.1. The Labute approximate surface area is 209 Å². The van der Waals surface area contributed by atoms with Crippen molar-refractivity contribution in [3.05, 3.63) is 78.1 Å². The highest BCUT2D eigenvalue weighted by Crippen LogP contribution is 2.40. The van der Waals surface area contributed by atoms with E-state index < -0.39 is 0 Å². The van der Waals surface area contributed by atoms with Crippen molar-refractivity contribution >= 4 is 22.5 Å². The molecule has 1 saturated carbocycles. The molecule has 0 unspecified atom stereocenters. The normalized spacial score (nSPS) is 19.1. The number of aromatic amines is 1. The summed E-state index contributed by atoms with van der Waals surface area (Å²) < 4.78 is 5.34. The smallest absolute Gasteiger partial charge is 0.251 e. The lowest BCUT2D eigenvalue weighted by Crippen LogP contribution is -2.54. The van der Waals surface area contributed by atoms with Gasteiger partial charge in [-0.1, -0.05) is 18.2 Å². The van der Waals surface area contributed by atoms with Crippen molar-refractivity contribution in [1.82, 2.24) is 20.5 Å². The lowest BCUT2D eigenvalue weighted by atomic mass is 9.84. The average molecular weight is 480 g/mol. The molecular weight excluding hydrogens is 450 g/mol. The number of fused-ring (bicyclic) bond motifs is 1. The average Bonchev–Trinajstić information content (AvgIpc) is 3.62. The van der Waals surface area contributed by atoms with Crippen LogP contribution in [0.1, 0.15) is 34.9 Å². The molecule has 1 aliphatic carbocycles. The van der Waals surface area contributed by atoms with E-state index in [1.165, 1.54) is 5.69 Å². The third kappa shape index (κ3) is 3.93. The molecule has 1 atom stereocenters. The second-order valence-electron chi connectivity index (χ2n) is 10.4. The number of H-pyrrole nitrogens is 1. The van der Waals surface area contributed by atoms with Gasteiger partial charge in [0.2, 0.25) is 0 Å². The Morgan fingerprint density at radius 1 is 1.03 bits per heavy atom. The number of amides is 1. The third-order valence-electron chi connectivity index (χ3n) is 7.96. The molecule has 2 saturated heterocycles. The number of carbonyl (C=O) groups excluding carboxylic acids is 1. The van der Waals surface area contributed by atoms with Crippen molar-refractivity contribution in [3.8, 4) is 11.3 Å². The molecule has 2 aromatic heterocycles. The Balaban J connectivity index is 1.10. The molecule has 0 spiro atoms. The van der Waals surface area contributed by atoms with Crippen LogP contribution >= 0.6 is 0 Å². The van der Waals surface area contributed by atoms with Gasteiger partial charge in [0.15, 0.2) is 0 Å². The maximum absolute atomic E-state index is 13.3. The van der Waals surface area contributed by atoms with E-state index in [0.29, 0.717) is 11.5 Å². The fraction of sp³-hybridized carbons (Fsp3) is 0.345. The van der Waals surface area contributed by atoms with Gasteiger partial charge in [0, 0.05) is 53.3 Å². The Morgan fingerprint density at radius 2 is 1.86 bits per heavy atom. The lowest BCUT2D eigenvalue weighted by molar-refractivity contribution is -0.0659. The Morgan fingerprint density at radius 3 is 2.56 bits per heavy atom. The molecule has 36 heavy (non-hydrogen) atoms. The van der Waals surface area contributed by atoms with Gasteiger partial charge in [-0.25, -0.2) is 0 Å². The van der Waals surface area contributed by atoms with Crippen molar-refractivity contribution < 1.29 is 9.53 Å². The van der Waals surface area contributed by atoms with Gasteiger partial charge in [-0.05, 0) is 61.2 Å². The number of pyridine rings is 1. The number of aromatic nitrogens is 3. The first-order valence-electron chi connectivity index (χ1n) is 12.9. The Bertz CT molecular complexity index is 1390. The monoisotopic (exact) mass is 479 g/mol. The maximum atomic E-state index is 13.3. The summed E-state index contributed by atoms with van der Waals surface area (Å²) in [6.45, 7) is 4.07. The van der Waals surface area contributed by atoms with E-state index in [4.69, 9.17) is 4.74 Å². The van der Waals surface area contributed by atoms with E-state index in [0.717, 1.165) is 78.8 Å². The molecule has 0 radical (unpaired) electrons. The highest BCUT2D eigenvalue weighted by atomic mass is 16.5. The molecule has 7 nitrogen and oxygen atoms in total. The topological polar surface area (TPSA) is 83.1 Å². The van der Waals surface area contributed by atoms with Crippen molar-refractivity contribution in [2.75, 3.05) is 31.2 Å². The molecule has 2 aromatic carbocycles. The van der Waals surface area contributed by atoms with Gasteiger partial charge in [0.1, 0.15) is 0 Å². The van der Waals surface area contributed by atoms with Gasteiger partial charge in [-0.3, -0.25) is 14.9 Å². The van der Waals surface area contributed by atoms with E-state index in [1.807, 2.05) is 36.4 Å². The number of carbonyl (C=O) groups is 1. The van der Waals surface area contributed by atoms with Crippen molar-refractivity contribution in [2.45, 2.75) is 18.9 Å². The molecule has 182 valence electrons. The van der Waals surface area contributed by atoms with E-state index in [2.05, 4.69) is 49.7 Å². The van der Waals surface area contributed by atoms with Gasteiger partial charge in [-0.15, -0.1) is 0 Å². The SMILES string of the molecule is O=C(N[C@H](c1ccccn1)C1CC1)c1ccc2[nH]nc(-c3ccc(N4CC(C5COC5)C4)cc3)c2c1. The summed E-state index contributed by atoms with van der Waals surface area (Å²) in [5, 5.41) is 11.9.